The first-order chi connectivity index (χ1) is 11.0. The summed E-state index contributed by atoms with van der Waals surface area (Å²) in [6.45, 7) is 8.23. The molecule has 0 fully saturated rings. The summed E-state index contributed by atoms with van der Waals surface area (Å²) in [6.07, 6.45) is 0. The zero-order valence-electron chi connectivity index (χ0n) is 14.0. The van der Waals surface area contributed by atoms with Gasteiger partial charge in [0.05, 0.1) is 6.04 Å². The van der Waals surface area contributed by atoms with E-state index in [9.17, 15) is 4.79 Å². The van der Waals surface area contributed by atoms with Crippen molar-refractivity contribution >= 4 is 23.4 Å². The molecule has 0 saturated carbocycles. The maximum absolute atomic E-state index is 11.1. The first-order valence-corrected chi connectivity index (χ1v) is 8.61. The Kier molecular flexibility index (Phi) is 6.10. The van der Waals surface area contributed by atoms with Crippen LogP contribution in [0, 0.1) is 0 Å². The summed E-state index contributed by atoms with van der Waals surface area (Å²) in [5.41, 5.74) is 4.23. The molecule has 0 spiro atoms. The summed E-state index contributed by atoms with van der Waals surface area (Å²) < 4.78 is 0. The molecule has 1 heterocycles. The fraction of sp³-hybridized carbons (Fsp3) is 0.412. The first kappa shape index (κ1) is 17.4. The summed E-state index contributed by atoms with van der Waals surface area (Å²) in [6, 6.07) is 10.4. The quantitative estimate of drug-likeness (QED) is 0.641. The van der Waals surface area contributed by atoms with E-state index in [2.05, 4.69) is 34.4 Å². The molecule has 0 saturated heterocycles. The Morgan fingerprint density at radius 2 is 2.04 bits per heavy atom. The van der Waals surface area contributed by atoms with E-state index in [1.165, 1.54) is 11.8 Å². The van der Waals surface area contributed by atoms with Crippen molar-refractivity contribution in [3.63, 3.8) is 0 Å². The number of hydrogen-bond donors (Lipinski definition) is 1. The Morgan fingerprint density at radius 1 is 1.35 bits per heavy atom. The van der Waals surface area contributed by atoms with Crippen molar-refractivity contribution in [2.24, 2.45) is 4.99 Å². The molecule has 124 valence electrons. The van der Waals surface area contributed by atoms with Crippen molar-refractivity contribution in [1.82, 2.24) is 10.4 Å². The van der Waals surface area contributed by atoms with E-state index < -0.39 is 0 Å². The average Bonchev–Trinajstić information content (AvgIpc) is 2.52. The number of nitrogens with zero attached hydrogens (tertiary/aromatic N) is 2. The molecule has 5 nitrogen and oxygen atoms in total. The molecule has 0 aromatic heterocycles. The molecule has 1 aromatic carbocycles. The van der Waals surface area contributed by atoms with Crippen LogP contribution in [0.15, 0.2) is 51.8 Å². The Labute approximate surface area is 141 Å². The summed E-state index contributed by atoms with van der Waals surface area (Å²) >= 11 is 1.80. The van der Waals surface area contributed by atoms with Crippen molar-refractivity contribution < 1.29 is 9.63 Å². The van der Waals surface area contributed by atoms with Crippen LogP contribution in [0.5, 0.6) is 0 Å². The second kappa shape index (κ2) is 8.06. The summed E-state index contributed by atoms with van der Waals surface area (Å²) in [4.78, 5) is 24.5. The van der Waals surface area contributed by atoms with Gasteiger partial charge in [0.25, 0.3) is 0 Å². The zero-order valence-corrected chi connectivity index (χ0v) is 14.8. The highest BCUT2D eigenvalue weighted by atomic mass is 32.2. The van der Waals surface area contributed by atoms with E-state index in [4.69, 9.17) is 4.84 Å². The SMILES string of the molecule is CC(=O)NOC1=C(C)N=C(C)C(C)N1CCSc1ccccc1. The van der Waals surface area contributed by atoms with E-state index in [1.807, 2.05) is 32.0 Å². The summed E-state index contributed by atoms with van der Waals surface area (Å²) in [5, 5.41) is 0. The standard InChI is InChI=1S/C17H23N3O2S/c1-12-14(3)20(10-11-23-16-8-6-5-7-9-16)17(13(2)18-12)22-19-15(4)21/h5-9,14H,10-11H2,1-4H3,(H,19,21). The van der Waals surface area contributed by atoms with Crippen molar-refractivity contribution in [2.45, 2.75) is 38.6 Å². The third-order valence-corrected chi connectivity index (χ3v) is 4.61. The maximum atomic E-state index is 11.1. The van der Waals surface area contributed by atoms with Gasteiger partial charge in [0, 0.05) is 29.8 Å². The van der Waals surface area contributed by atoms with Gasteiger partial charge in [0.15, 0.2) is 0 Å². The maximum Gasteiger partial charge on any atom is 0.249 e. The van der Waals surface area contributed by atoms with Crippen LogP contribution in [0.25, 0.3) is 0 Å². The van der Waals surface area contributed by atoms with Crippen molar-refractivity contribution in [1.29, 1.82) is 0 Å². The minimum Gasteiger partial charge on any atom is -0.359 e. The molecule has 1 N–H and O–H groups in total. The molecule has 1 aliphatic rings. The Morgan fingerprint density at radius 3 is 2.70 bits per heavy atom. The van der Waals surface area contributed by atoms with Crippen LogP contribution in [0.1, 0.15) is 27.7 Å². The highest BCUT2D eigenvalue weighted by molar-refractivity contribution is 7.99. The number of rotatable bonds is 6. The number of hydroxylamine groups is 1. The minimum atomic E-state index is -0.233. The van der Waals surface area contributed by atoms with Gasteiger partial charge in [0.1, 0.15) is 5.70 Å². The van der Waals surface area contributed by atoms with Crippen LogP contribution >= 0.6 is 11.8 Å². The molecule has 6 heteroatoms. The van der Waals surface area contributed by atoms with Crippen molar-refractivity contribution in [3.05, 3.63) is 41.9 Å². The predicted octanol–water partition coefficient (Wildman–Crippen LogP) is 3.20. The third-order valence-electron chi connectivity index (χ3n) is 3.62. The lowest BCUT2D eigenvalue weighted by molar-refractivity contribution is -0.130. The lowest BCUT2D eigenvalue weighted by atomic mass is 10.1. The number of carbonyl (C=O) groups is 1. The molecule has 1 aliphatic heterocycles. The van der Waals surface area contributed by atoms with Gasteiger partial charge in [-0.1, -0.05) is 18.2 Å². The molecule has 1 atom stereocenters. The highest BCUT2D eigenvalue weighted by Crippen LogP contribution is 2.24. The number of nitrogens with one attached hydrogen (secondary N) is 1. The summed E-state index contributed by atoms with van der Waals surface area (Å²) in [5.74, 6) is 1.30. The molecule has 0 bridgehead atoms. The van der Waals surface area contributed by atoms with E-state index >= 15 is 0 Å². The number of amides is 1. The second-order valence-electron chi connectivity index (χ2n) is 5.43. The molecule has 23 heavy (non-hydrogen) atoms. The number of carbonyl (C=O) groups excluding carboxylic acids is 1. The first-order valence-electron chi connectivity index (χ1n) is 7.63. The smallest absolute Gasteiger partial charge is 0.249 e. The van der Waals surface area contributed by atoms with E-state index in [1.54, 1.807) is 11.8 Å². The molecular weight excluding hydrogens is 310 g/mol. The second-order valence-corrected chi connectivity index (χ2v) is 6.60. The molecule has 1 amide bonds. The Bertz CT molecular complexity index is 614. The predicted molar refractivity (Wildman–Crippen MR) is 94.0 cm³/mol. The third kappa shape index (κ3) is 4.76. The van der Waals surface area contributed by atoms with Gasteiger partial charge in [-0.25, -0.2) is 0 Å². The Balaban J connectivity index is 2.03. The number of benzene rings is 1. The number of thioether (sulfide) groups is 1. The van der Waals surface area contributed by atoms with Gasteiger partial charge in [-0.2, -0.15) is 5.48 Å². The lowest BCUT2D eigenvalue weighted by Crippen LogP contribution is -2.44. The average molecular weight is 333 g/mol. The fourth-order valence-electron chi connectivity index (χ4n) is 2.34. The number of aliphatic imine (C=N–C) groups is 1. The van der Waals surface area contributed by atoms with E-state index in [-0.39, 0.29) is 11.9 Å². The topological polar surface area (TPSA) is 53.9 Å². The van der Waals surface area contributed by atoms with Crippen LogP contribution < -0.4 is 5.48 Å². The zero-order chi connectivity index (χ0) is 16.8. The molecular formula is C17H23N3O2S. The van der Waals surface area contributed by atoms with E-state index in [0.717, 1.165) is 23.7 Å². The Hall–Kier alpha value is -1.95. The normalized spacial score (nSPS) is 17.8. The molecule has 1 unspecified atom stereocenters. The van der Waals surface area contributed by atoms with Crippen molar-refractivity contribution in [3.8, 4) is 0 Å². The fourth-order valence-corrected chi connectivity index (χ4v) is 3.21. The molecule has 1 aromatic rings. The molecule has 0 radical (unpaired) electrons. The monoisotopic (exact) mass is 333 g/mol. The molecule has 2 rings (SSSR count). The van der Waals surface area contributed by atoms with Gasteiger partial charge in [-0.3, -0.25) is 9.79 Å². The largest absolute Gasteiger partial charge is 0.359 e. The van der Waals surface area contributed by atoms with Crippen LogP contribution in [-0.4, -0.2) is 34.9 Å². The van der Waals surface area contributed by atoms with Gasteiger partial charge in [0.2, 0.25) is 11.8 Å². The van der Waals surface area contributed by atoms with Gasteiger partial charge < -0.3 is 9.74 Å². The van der Waals surface area contributed by atoms with Crippen LogP contribution in [0.2, 0.25) is 0 Å². The van der Waals surface area contributed by atoms with Gasteiger partial charge >= 0.3 is 0 Å². The van der Waals surface area contributed by atoms with Crippen molar-refractivity contribution in [2.75, 3.05) is 12.3 Å². The van der Waals surface area contributed by atoms with Gasteiger partial charge in [-0.15, -0.1) is 11.8 Å². The molecule has 0 aliphatic carbocycles. The van der Waals surface area contributed by atoms with E-state index in [0.29, 0.717) is 5.88 Å². The summed E-state index contributed by atoms with van der Waals surface area (Å²) in [7, 11) is 0. The van der Waals surface area contributed by atoms with Crippen LogP contribution in [0.4, 0.5) is 0 Å². The van der Waals surface area contributed by atoms with Crippen LogP contribution in [-0.2, 0) is 9.63 Å². The minimum absolute atomic E-state index is 0.138. The highest BCUT2D eigenvalue weighted by Gasteiger charge is 2.27. The van der Waals surface area contributed by atoms with Gasteiger partial charge in [-0.05, 0) is 32.9 Å². The number of allylic oxidation sites excluding steroid dienone is 1. The number of hydrogen-bond acceptors (Lipinski definition) is 5. The lowest BCUT2D eigenvalue weighted by Gasteiger charge is -2.35. The van der Waals surface area contributed by atoms with Crippen LogP contribution in [0.3, 0.4) is 0 Å².